The van der Waals surface area contributed by atoms with Crippen molar-refractivity contribution in [3.05, 3.63) is 70.5 Å². The van der Waals surface area contributed by atoms with E-state index in [4.69, 9.17) is 0 Å². The van der Waals surface area contributed by atoms with Crippen LogP contribution in [0.1, 0.15) is 18.2 Å². The molecule has 0 aliphatic heterocycles. The summed E-state index contributed by atoms with van der Waals surface area (Å²) in [6.07, 6.45) is -4.68. The van der Waals surface area contributed by atoms with E-state index in [-0.39, 0.29) is 33.6 Å². The Morgan fingerprint density at radius 3 is 2.27 bits per heavy atom. The highest BCUT2D eigenvalue weighted by Gasteiger charge is 2.60. The molecular weight excluding hydrogens is 575 g/mol. The van der Waals surface area contributed by atoms with E-state index in [1.807, 2.05) is 6.92 Å². The summed E-state index contributed by atoms with van der Waals surface area (Å²) in [6.45, 7) is 3.26. The maximum atomic E-state index is 13.9. The second-order valence-electron chi connectivity index (χ2n) is 8.96. The Kier molecular flexibility index (Phi) is 6.51. The highest BCUT2D eigenvalue weighted by Crippen LogP contribution is 2.43. The summed E-state index contributed by atoms with van der Waals surface area (Å²) >= 11 is 0. The number of fused-ring (bicyclic) bond motifs is 1. The van der Waals surface area contributed by atoms with Gasteiger partial charge in [0.15, 0.2) is 27.1 Å². The Labute approximate surface area is 227 Å². The first-order valence-corrected chi connectivity index (χ1v) is 13.4. The second-order valence-corrected chi connectivity index (χ2v) is 11.2. The molecule has 4 heterocycles. The molecule has 214 valence electrons. The lowest BCUT2D eigenvalue weighted by Gasteiger charge is -2.17. The van der Waals surface area contributed by atoms with E-state index in [0.717, 1.165) is 14.8 Å². The maximum absolute atomic E-state index is 13.9. The molecule has 5 aromatic rings. The van der Waals surface area contributed by atoms with E-state index < -0.39 is 38.8 Å². The summed E-state index contributed by atoms with van der Waals surface area (Å²) < 4.78 is 95.7. The van der Waals surface area contributed by atoms with Gasteiger partial charge >= 0.3 is 17.8 Å². The minimum Gasteiger partial charge on any atom is -0.309 e. The van der Waals surface area contributed by atoms with Crippen LogP contribution in [0.2, 0.25) is 0 Å². The molecule has 0 saturated heterocycles. The van der Waals surface area contributed by atoms with Crippen molar-refractivity contribution in [3.63, 3.8) is 0 Å². The molecule has 0 atom stereocenters. The highest BCUT2D eigenvalue weighted by atomic mass is 32.2. The van der Waals surface area contributed by atoms with E-state index in [1.165, 1.54) is 37.0 Å². The second kappa shape index (κ2) is 9.53. The standard InChI is InChI=1S/C24H19F5N8O3S/c1-4-41(39,40)16-9-10-18(37-22(38)36(12-30-37)14-7-5-13(2)6-8-14)32-19(16)21-31-15-11-17(23(25,26)24(27,28)29)33-34-20(15)35(21)3/h5-12H,4H2,1-3H3. The number of sulfone groups is 1. The lowest BCUT2D eigenvalue weighted by atomic mass is 10.2. The quantitative estimate of drug-likeness (QED) is 0.273. The average molecular weight is 595 g/mol. The molecule has 0 aliphatic rings. The third kappa shape index (κ3) is 4.64. The smallest absolute Gasteiger partial charge is 0.309 e. The van der Waals surface area contributed by atoms with Crippen molar-refractivity contribution in [2.45, 2.75) is 30.8 Å². The number of aryl methyl sites for hydroxylation is 2. The van der Waals surface area contributed by atoms with E-state index in [1.54, 1.807) is 24.3 Å². The first-order valence-electron chi connectivity index (χ1n) is 11.8. The molecule has 5 rings (SSSR count). The molecule has 0 unspecified atom stereocenters. The van der Waals surface area contributed by atoms with Crippen LogP contribution in [0.15, 0.2) is 58.5 Å². The zero-order valence-corrected chi connectivity index (χ0v) is 22.2. The summed E-state index contributed by atoms with van der Waals surface area (Å²) in [5.41, 5.74) is -1.76. The van der Waals surface area contributed by atoms with Gasteiger partial charge in [0, 0.05) is 7.05 Å². The van der Waals surface area contributed by atoms with Crippen molar-refractivity contribution in [3.8, 4) is 23.0 Å². The van der Waals surface area contributed by atoms with Crippen LogP contribution in [0.25, 0.3) is 34.2 Å². The minimum absolute atomic E-state index is 0.103. The van der Waals surface area contributed by atoms with Crippen LogP contribution >= 0.6 is 0 Å². The van der Waals surface area contributed by atoms with Crippen molar-refractivity contribution < 1.29 is 30.4 Å². The molecule has 0 radical (unpaired) electrons. The third-order valence-corrected chi connectivity index (χ3v) is 8.02. The Morgan fingerprint density at radius 2 is 1.63 bits per heavy atom. The van der Waals surface area contributed by atoms with Crippen LogP contribution in [-0.2, 0) is 22.8 Å². The molecule has 11 nitrogen and oxygen atoms in total. The van der Waals surface area contributed by atoms with Crippen LogP contribution in [0.5, 0.6) is 0 Å². The van der Waals surface area contributed by atoms with Crippen molar-refractivity contribution >= 4 is 21.0 Å². The van der Waals surface area contributed by atoms with Crippen LogP contribution < -0.4 is 5.69 Å². The number of halogens is 5. The minimum atomic E-state index is -5.93. The first-order chi connectivity index (χ1) is 19.2. The van der Waals surface area contributed by atoms with Gasteiger partial charge in [-0.25, -0.2) is 27.7 Å². The fraction of sp³-hybridized carbons (Fsp3) is 0.250. The lowest BCUT2D eigenvalue weighted by Crippen LogP contribution is -2.34. The van der Waals surface area contributed by atoms with Gasteiger partial charge in [-0.15, -0.1) is 10.2 Å². The van der Waals surface area contributed by atoms with Crippen molar-refractivity contribution in [1.29, 1.82) is 0 Å². The van der Waals surface area contributed by atoms with Gasteiger partial charge in [0.2, 0.25) is 0 Å². The molecule has 41 heavy (non-hydrogen) atoms. The van der Waals surface area contributed by atoms with Crippen molar-refractivity contribution in [2.24, 2.45) is 7.05 Å². The number of hydrogen-bond donors (Lipinski definition) is 0. The fourth-order valence-electron chi connectivity index (χ4n) is 3.96. The Morgan fingerprint density at radius 1 is 0.951 bits per heavy atom. The molecule has 0 spiro atoms. The predicted octanol–water partition coefficient (Wildman–Crippen LogP) is 3.52. The number of pyridine rings is 1. The van der Waals surface area contributed by atoms with Crippen molar-refractivity contribution in [2.75, 3.05) is 5.75 Å². The molecule has 17 heteroatoms. The van der Waals surface area contributed by atoms with E-state index in [0.29, 0.717) is 11.8 Å². The molecular formula is C24H19F5N8O3S. The summed E-state index contributed by atoms with van der Waals surface area (Å²) in [5.74, 6) is -6.00. The number of aromatic nitrogens is 8. The topological polar surface area (TPSA) is 130 Å². The summed E-state index contributed by atoms with van der Waals surface area (Å²) in [4.78, 5) is 21.3. The van der Waals surface area contributed by atoms with Gasteiger partial charge in [-0.05, 0) is 37.3 Å². The summed E-state index contributed by atoms with van der Waals surface area (Å²) in [5, 5.41) is 10.6. The molecule has 4 aromatic heterocycles. The monoisotopic (exact) mass is 594 g/mol. The van der Waals surface area contributed by atoms with Crippen LogP contribution in [-0.4, -0.2) is 59.4 Å². The number of imidazole rings is 1. The number of hydrogen-bond acceptors (Lipinski definition) is 8. The average Bonchev–Trinajstić information content (AvgIpc) is 3.47. The van der Waals surface area contributed by atoms with E-state index in [9.17, 15) is 35.2 Å². The van der Waals surface area contributed by atoms with Crippen LogP contribution in [0, 0.1) is 6.92 Å². The Bertz CT molecular complexity index is 1960. The van der Waals surface area contributed by atoms with Crippen LogP contribution in [0.3, 0.4) is 0 Å². The van der Waals surface area contributed by atoms with Crippen molar-refractivity contribution in [1.82, 2.24) is 39.1 Å². The van der Waals surface area contributed by atoms with Gasteiger partial charge in [-0.2, -0.15) is 31.7 Å². The normalized spacial score (nSPS) is 12.8. The van der Waals surface area contributed by atoms with Crippen LogP contribution in [0.4, 0.5) is 22.0 Å². The molecule has 0 fully saturated rings. The highest BCUT2D eigenvalue weighted by molar-refractivity contribution is 7.91. The first kappa shape index (κ1) is 28.0. The van der Waals surface area contributed by atoms with Gasteiger partial charge in [0.1, 0.15) is 23.2 Å². The van der Waals surface area contributed by atoms with Gasteiger partial charge in [0.25, 0.3) is 0 Å². The summed E-state index contributed by atoms with van der Waals surface area (Å²) in [7, 11) is -2.64. The molecule has 0 saturated carbocycles. The Balaban J connectivity index is 1.70. The van der Waals surface area contributed by atoms with Gasteiger partial charge in [-0.1, -0.05) is 24.6 Å². The number of alkyl halides is 5. The third-order valence-electron chi connectivity index (χ3n) is 6.26. The van der Waals surface area contributed by atoms with E-state index in [2.05, 4.69) is 25.3 Å². The lowest BCUT2D eigenvalue weighted by molar-refractivity contribution is -0.291. The number of nitrogens with zero attached hydrogens (tertiary/aromatic N) is 8. The predicted molar refractivity (Wildman–Crippen MR) is 135 cm³/mol. The molecule has 0 bridgehead atoms. The molecule has 1 aromatic carbocycles. The number of benzene rings is 1. The number of rotatable bonds is 6. The zero-order chi connectivity index (χ0) is 29.9. The largest absolute Gasteiger partial charge is 0.459 e. The SMILES string of the molecule is CCS(=O)(=O)c1ccc(-n2ncn(-c3ccc(C)cc3)c2=O)nc1-c1nc2cc(C(F)(F)C(F)(F)F)nnc2n1C. The molecule has 0 N–H and O–H groups in total. The molecule has 0 amide bonds. The van der Waals surface area contributed by atoms with Gasteiger partial charge in [0.05, 0.1) is 16.3 Å². The van der Waals surface area contributed by atoms with Gasteiger partial charge in [-0.3, -0.25) is 0 Å². The maximum Gasteiger partial charge on any atom is 0.459 e. The Hall–Kier alpha value is -4.54. The fourth-order valence-corrected chi connectivity index (χ4v) is 4.98. The van der Waals surface area contributed by atoms with E-state index >= 15 is 0 Å². The summed E-state index contributed by atoms with van der Waals surface area (Å²) in [6, 6.07) is 9.86. The molecule has 0 aliphatic carbocycles. The zero-order valence-electron chi connectivity index (χ0n) is 21.4. The van der Waals surface area contributed by atoms with Gasteiger partial charge < -0.3 is 4.57 Å².